The molecule has 4 rings (SSSR count). The zero-order valence-electron chi connectivity index (χ0n) is 15.0. The monoisotopic (exact) mass is 426 g/mol. The first-order valence-corrected chi connectivity index (χ1v) is 9.41. The van der Waals surface area contributed by atoms with Crippen LogP contribution in [0.2, 0.25) is 5.02 Å². The standard InChI is InChI=1S/C21H15ClN2O4S/c22-14-2-6-16(7-3-14)28-17-8-4-15(5-9-17)23-21(29)24-20(25)13-1-10-18-19(11-13)27-12-26-18/h1-11H,12H2,(H2,23,24,25,29). The third kappa shape index (κ3) is 4.77. The number of benzene rings is 3. The number of nitrogens with one attached hydrogen (secondary N) is 2. The Labute approximate surface area is 177 Å². The first-order valence-electron chi connectivity index (χ1n) is 8.62. The highest BCUT2D eigenvalue weighted by Gasteiger charge is 2.16. The summed E-state index contributed by atoms with van der Waals surface area (Å²) >= 11 is 11.1. The lowest BCUT2D eigenvalue weighted by molar-refractivity contribution is 0.0977. The maximum absolute atomic E-state index is 12.4. The second kappa shape index (κ2) is 8.38. The number of hydrogen-bond acceptors (Lipinski definition) is 5. The predicted molar refractivity (Wildman–Crippen MR) is 114 cm³/mol. The molecule has 8 heteroatoms. The van der Waals surface area contributed by atoms with Crippen LogP contribution in [0.4, 0.5) is 5.69 Å². The Bertz CT molecular complexity index is 1060. The minimum absolute atomic E-state index is 0.151. The van der Waals surface area contributed by atoms with E-state index < -0.39 is 0 Å². The topological polar surface area (TPSA) is 68.8 Å². The Morgan fingerprint density at radius 1 is 0.931 bits per heavy atom. The average Bonchev–Trinajstić information content (AvgIpc) is 3.19. The first-order chi connectivity index (χ1) is 14.1. The number of fused-ring (bicyclic) bond motifs is 1. The number of anilines is 1. The highest BCUT2D eigenvalue weighted by Crippen LogP contribution is 2.32. The molecule has 0 atom stereocenters. The number of ether oxygens (including phenoxy) is 3. The predicted octanol–water partition coefficient (Wildman–Crippen LogP) is 4.99. The van der Waals surface area contributed by atoms with Crippen LogP contribution in [0.3, 0.4) is 0 Å². The number of halogens is 1. The fourth-order valence-electron chi connectivity index (χ4n) is 2.62. The van der Waals surface area contributed by atoms with Crippen LogP contribution in [0.15, 0.2) is 66.7 Å². The molecule has 0 unspecified atom stereocenters. The van der Waals surface area contributed by atoms with E-state index in [1.807, 2.05) is 0 Å². The number of carbonyl (C=O) groups is 1. The second-order valence-corrected chi connectivity index (χ2v) is 6.90. The highest BCUT2D eigenvalue weighted by molar-refractivity contribution is 7.80. The van der Waals surface area contributed by atoms with Gasteiger partial charge in [-0.2, -0.15) is 0 Å². The minimum Gasteiger partial charge on any atom is -0.457 e. The summed E-state index contributed by atoms with van der Waals surface area (Å²) in [7, 11) is 0. The van der Waals surface area contributed by atoms with Crippen LogP contribution in [0.25, 0.3) is 0 Å². The van der Waals surface area contributed by atoms with E-state index in [0.29, 0.717) is 39.3 Å². The van der Waals surface area contributed by atoms with Gasteiger partial charge in [0, 0.05) is 16.3 Å². The van der Waals surface area contributed by atoms with Crippen LogP contribution < -0.4 is 24.8 Å². The van der Waals surface area contributed by atoms with Crippen molar-refractivity contribution in [3.8, 4) is 23.0 Å². The fraction of sp³-hybridized carbons (Fsp3) is 0.0476. The van der Waals surface area contributed by atoms with E-state index in [9.17, 15) is 4.79 Å². The van der Waals surface area contributed by atoms with Gasteiger partial charge in [0.05, 0.1) is 0 Å². The molecule has 0 saturated carbocycles. The molecule has 0 saturated heterocycles. The van der Waals surface area contributed by atoms with Gasteiger partial charge < -0.3 is 19.5 Å². The molecule has 1 aliphatic heterocycles. The Morgan fingerprint density at radius 3 is 2.31 bits per heavy atom. The van der Waals surface area contributed by atoms with E-state index >= 15 is 0 Å². The van der Waals surface area contributed by atoms with E-state index in [1.54, 1.807) is 66.7 Å². The van der Waals surface area contributed by atoms with Crippen LogP contribution in [0.1, 0.15) is 10.4 Å². The van der Waals surface area contributed by atoms with E-state index in [4.69, 9.17) is 38.0 Å². The lowest BCUT2D eigenvalue weighted by Gasteiger charge is -2.11. The van der Waals surface area contributed by atoms with Gasteiger partial charge in [-0.25, -0.2) is 0 Å². The van der Waals surface area contributed by atoms with Crippen LogP contribution in [0.5, 0.6) is 23.0 Å². The molecule has 1 aliphatic rings. The van der Waals surface area contributed by atoms with Crippen LogP contribution in [-0.4, -0.2) is 17.8 Å². The van der Waals surface area contributed by atoms with Crippen molar-refractivity contribution in [3.63, 3.8) is 0 Å². The van der Waals surface area contributed by atoms with Crippen molar-refractivity contribution in [2.24, 2.45) is 0 Å². The van der Waals surface area contributed by atoms with Gasteiger partial charge in [0.1, 0.15) is 11.5 Å². The van der Waals surface area contributed by atoms with Crippen molar-refractivity contribution in [1.29, 1.82) is 0 Å². The number of thiocarbonyl (C=S) groups is 1. The van der Waals surface area contributed by atoms with Gasteiger partial charge in [0.25, 0.3) is 5.91 Å². The summed E-state index contributed by atoms with van der Waals surface area (Å²) in [5, 5.41) is 6.43. The molecule has 0 spiro atoms. The summed E-state index contributed by atoms with van der Waals surface area (Å²) in [5.41, 5.74) is 1.13. The molecule has 1 amide bonds. The van der Waals surface area contributed by atoms with Crippen LogP contribution in [0, 0.1) is 0 Å². The molecule has 146 valence electrons. The Hall–Kier alpha value is -3.29. The number of hydrogen-bond donors (Lipinski definition) is 2. The molecule has 29 heavy (non-hydrogen) atoms. The third-order valence-corrected chi connectivity index (χ3v) is 4.48. The summed E-state index contributed by atoms with van der Waals surface area (Å²) in [6.45, 7) is 0.151. The molecule has 0 fully saturated rings. The van der Waals surface area contributed by atoms with Crippen LogP contribution in [-0.2, 0) is 0 Å². The fourth-order valence-corrected chi connectivity index (χ4v) is 2.96. The number of rotatable bonds is 4. The zero-order chi connectivity index (χ0) is 20.2. The van der Waals surface area contributed by atoms with Crippen LogP contribution >= 0.6 is 23.8 Å². The van der Waals surface area contributed by atoms with Gasteiger partial charge >= 0.3 is 0 Å². The van der Waals surface area contributed by atoms with Crippen molar-refractivity contribution < 1.29 is 19.0 Å². The van der Waals surface area contributed by atoms with Crippen molar-refractivity contribution in [2.45, 2.75) is 0 Å². The van der Waals surface area contributed by atoms with Gasteiger partial charge in [0.2, 0.25) is 6.79 Å². The van der Waals surface area contributed by atoms with E-state index in [0.717, 1.165) is 0 Å². The minimum atomic E-state index is -0.344. The average molecular weight is 427 g/mol. The molecule has 2 N–H and O–H groups in total. The zero-order valence-corrected chi connectivity index (χ0v) is 16.5. The van der Waals surface area contributed by atoms with Crippen molar-refractivity contribution in [3.05, 3.63) is 77.3 Å². The molecule has 1 heterocycles. The van der Waals surface area contributed by atoms with Gasteiger partial charge in [0.15, 0.2) is 16.6 Å². The molecule has 3 aromatic rings. The van der Waals surface area contributed by atoms with E-state index in [-0.39, 0.29) is 17.8 Å². The van der Waals surface area contributed by atoms with Gasteiger partial charge in [-0.3, -0.25) is 10.1 Å². The number of amides is 1. The molecular weight excluding hydrogens is 412 g/mol. The molecule has 0 bridgehead atoms. The summed E-state index contributed by atoms with van der Waals surface area (Å²) in [6.07, 6.45) is 0. The van der Waals surface area contributed by atoms with Gasteiger partial charge in [-0.1, -0.05) is 11.6 Å². The lowest BCUT2D eigenvalue weighted by atomic mass is 10.2. The second-order valence-electron chi connectivity index (χ2n) is 6.06. The number of carbonyl (C=O) groups excluding carboxylic acids is 1. The highest BCUT2D eigenvalue weighted by atomic mass is 35.5. The quantitative estimate of drug-likeness (QED) is 0.573. The van der Waals surface area contributed by atoms with Gasteiger partial charge in [-0.15, -0.1) is 0 Å². The normalized spacial score (nSPS) is 11.6. The lowest BCUT2D eigenvalue weighted by Crippen LogP contribution is -2.34. The largest absolute Gasteiger partial charge is 0.457 e. The maximum atomic E-state index is 12.4. The molecular formula is C21H15ClN2O4S. The summed E-state index contributed by atoms with van der Waals surface area (Å²) in [6, 6.07) is 19.2. The van der Waals surface area contributed by atoms with Crippen molar-refractivity contribution in [1.82, 2.24) is 5.32 Å². The molecule has 0 radical (unpaired) electrons. The van der Waals surface area contributed by atoms with E-state index in [2.05, 4.69) is 10.6 Å². The third-order valence-electron chi connectivity index (χ3n) is 4.02. The van der Waals surface area contributed by atoms with Gasteiger partial charge in [-0.05, 0) is 78.9 Å². The van der Waals surface area contributed by atoms with Crippen molar-refractivity contribution >= 4 is 40.5 Å². The summed E-state index contributed by atoms with van der Waals surface area (Å²) in [4.78, 5) is 12.4. The van der Waals surface area contributed by atoms with E-state index in [1.165, 1.54) is 0 Å². The molecule has 0 aliphatic carbocycles. The Balaban J connectivity index is 1.33. The smallest absolute Gasteiger partial charge is 0.257 e. The Morgan fingerprint density at radius 2 is 1.59 bits per heavy atom. The SMILES string of the molecule is O=C(NC(=S)Nc1ccc(Oc2ccc(Cl)cc2)cc1)c1ccc2c(c1)OCO2. The van der Waals surface area contributed by atoms with Crippen molar-refractivity contribution in [2.75, 3.05) is 12.1 Å². The Kier molecular flexibility index (Phi) is 5.50. The first kappa shape index (κ1) is 19.0. The molecule has 3 aromatic carbocycles. The summed E-state index contributed by atoms with van der Waals surface area (Å²) in [5.74, 6) is 2.15. The molecule has 0 aromatic heterocycles. The summed E-state index contributed by atoms with van der Waals surface area (Å²) < 4.78 is 16.3. The maximum Gasteiger partial charge on any atom is 0.257 e. The molecule has 6 nitrogen and oxygen atoms in total.